The fraction of sp³-hybridized carbons (Fsp3) is 0.636. The second-order valence-corrected chi connectivity index (χ2v) is 10.8. The molecule has 3 N–H and O–H groups in total. The minimum atomic E-state index is -3.57. The summed E-state index contributed by atoms with van der Waals surface area (Å²) in [6.45, 7) is 3.92. The molecule has 0 radical (unpaired) electrons. The zero-order chi connectivity index (χ0) is 21.9. The molecule has 1 saturated carbocycles. The van der Waals surface area contributed by atoms with Gasteiger partial charge in [-0.15, -0.1) is 0 Å². The Balaban J connectivity index is 1.43. The number of carbonyl (C=O) groups excluding carboxylic acids is 1. The van der Waals surface area contributed by atoms with Gasteiger partial charge in [0.25, 0.3) is 0 Å². The van der Waals surface area contributed by atoms with Crippen LogP contribution in [0.4, 0.5) is 5.69 Å². The molecule has 1 amide bonds. The largest absolute Gasteiger partial charge is 0.370 e. The Labute approximate surface area is 184 Å². The number of nitrogens with one attached hydrogen (secondary N) is 3. The van der Waals surface area contributed by atoms with Crippen LogP contribution in [0.2, 0.25) is 0 Å². The molecule has 0 unspecified atom stereocenters. The second kappa shape index (κ2) is 9.26. The maximum Gasteiger partial charge on any atom is 0.243 e. The lowest BCUT2D eigenvalue weighted by Crippen LogP contribution is -2.65. The molecule has 1 aliphatic carbocycles. The molecule has 170 valence electrons. The van der Waals surface area contributed by atoms with Crippen molar-refractivity contribution in [3.8, 4) is 0 Å². The van der Waals surface area contributed by atoms with Gasteiger partial charge >= 0.3 is 0 Å². The summed E-state index contributed by atoms with van der Waals surface area (Å²) in [4.78, 5) is 16.3. The predicted octanol–water partition coefficient (Wildman–Crippen LogP) is 2.09. The highest BCUT2D eigenvalue weighted by Crippen LogP contribution is 2.30. The summed E-state index contributed by atoms with van der Waals surface area (Å²) >= 11 is 0. The van der Waals surface area contributed by atoms with Gasteiger partial charge < -0.3 is 16.0 Å². The molecule has 8 nitrogen and oxygen atoms in total. The Morgan fingerprint density at radius 2 is 1.81 bits per heavy atom. The van der Waals surface area contributed by atoms with Crippen LogP contribution < -0.4 is 16.0 Å². The highest BCUT2D eigenvalue weighted by Gasteiger charge is 2.43. The van der Waals surface area contributed by atoms with Crippen LogP contribution in [0.1, 0.15) is 51.9 Å². The zero-order valence-electron chi connectivity index (χ0n) is 18.2. The van der Waals surface area contributed by atoms with Crippen molar-refractivity contribution in [3.63, 3.8) is 0 Å². The van der Waals surface area contributed by atoms with E-state index in [4.69, 9.17) is 4.99 Å². The lowest BCUT2D eigenvalue weighted by atomic mass is 9.84. The first kappa shape index (κ1) is 22.2. The van der Waals surface area contributed by atoms with Crippen molar-refractivity contribution in [3.05, 3.63) is 24.3 Å². The molecule has 2 aliphatic heterocycles. The molecular weight excluding hydrogens is 414 g/mol. The number of carbonyl (C=O) groups is 1. The number of amides is 1. The van der Waals surface area contributed by atoms with Crippen molar-refractivity contribution in [1.29, 1.82) is 0 Å². The second-order valence-electron chi connectivity index (χ2n) is 8.83. The van der Waals surface area contributed by atoms with E-state index in [9.17, 15) is 13.2 Å². The third-order valence-corrected chi connectivity index (χ3v) is 8.55. The molecule has 4 rings (SSSR count). The monoisotopic (exact) mass is 447 g/mol. The number of sulfonamides is 1. The topological polar surface area (TPSA) is 103 Å². The molecule has 9 heteroatoms. The van der Waals surface area contributed by atoms with E-state index in [1.165, 1.54) is 39.0 Å². The molecule has 1 spiro atoms. The van der Waals surface area contributed by atoms with Gasteiger partial charge in [0, 0.05) is 38.3 Å². The Morgan fingerprint density at radius 3 is 2.45 bits per heavy atom. The standard InChI is InChI=1S/C22H33N5O3S/c1-17(28)25-19-7-9-20(10-8-19)31(29,30)27-15-11-22(12-16-27)21(23-13-14-24-22)26-18-5-3-2-4-6-18/h7-10,18,24H,2-6,11-16H2,1H3,(H,23,26)(H,25,28). The number of rotatable bonds is 4. The summed E-state index contributed by atoms with van der Waals surface area (Å²) in [6.07, 6.45) is 7.61. The lowest BCUT2D eigenvalue weighted by molar-refractivity contribution is -0.114. The number of piperidine rings is 1. The summed E-state index contributed by atoms with van der Waals surface area (Å²) in [7, 11) is -3.57. The van der Waals surface area contributed by atoms with Crippen molar-refractivity contribution in [2.24, 2.45) is 4.99 Å². The van der Waals surface area contributed by atoms with Crippen LogP contribution in [0.3, 0.4) is 0 Å². The summed E-state index contributed by atoms with van der Waals surface area (Å²) < 4.78 is 27.9. The van der Waals surface area contributed by atoms with E-state index in [1.807, 2.05) is 0 Å². The maximum absolute atomic E-state index is 13.2. The smallest absolute Gasteiger partial charge is 0.243 e. The summed E-state index contributed by atoms with van der Waals surface area (Å²) in [5.41, 5.74) is 0.335. The average Bonchev–Trinajstić information content (AvgIpc) is 2.77. The normalized spacial score (nSPS) is 22.7. The minimum absolute atomic E-state index is 0.184. The zero-order valence-corrected chi connectivity index (χ0v) is 19.0. The fourth-order valence-corrected chi connectivity index (χ4v) is 6.35. The number of hydrogen-bond acceptors (Lipinski definition) is 6. The van der Waals surface area contributed by atoms with Crippen molar-refractivity contribution in [2.45, 2.75) is 68.3 Å². The molecule has 31 heavy (non-hydrogen) atoms. The van der Waals surface area contributed by atoms with Crippen molar-refractivity contribution < 1.29 is 13.2 Å². The van der Waals surface area contributed by atoms with Crippen molar-refractivity contribution >= 4 is 27.5 Å². The highest BCUT2D eigenvalue weighted by molar-refractivity contribution is 7.89. The Morgan fingerprint density at radius 1 is 1.13 bits per heavy atom. The molecular formula is C22H33N5O3S. The summed E-state index contributed by atoms with van der Waals surface area (Å²) in [6, 6.07) is 6.85. The number of aliphatic imine (C=N–C) groups is 1. The first-order chi connectivity index (χ1) is 14.9. The van der Waals surface area contributed by atoms with Crippen LogP contribution in [0.15, 0.2) is 34.2 Å². The van der Waals surface area contributed by atoms with Gasteiger partial charge in [-0.3, -0.25) is 9.79 Å². The third kappa shape index (κ3) is 4.94. The third-order valence-electron chi connectivity index (χ3n) is 6.63. The minimum Gasteiger partial charge on any atom is -0.370 e. The first-order valence-electron chi connectivity index (χ1n) is 11.3. The Kier molecular flexibility index (Phi) is 6.64. The number of anilines is 1. The van der Waals surface area contributed by atoms with Crippen molar-refractivity contribution in [2.75, 3.05) is 31.5 Å². The number of nitrogens with zero attached hydrogens (tertiary/aromatic N) is 2. The van der Waals surface area contributed by atoms with Crippen LogP contribution in [0.5, 0.6) is 0 Å². The quantitative estimate of drug-likeness (QED) is 0.656. The lowest BCUT2D eigenvalue weighted by Gasteiger charge is -2.45. The van der Waals surface area contributed by atoms with Crippen LogP contribution in [-0.2, 0) is 14.8 Å². The van der Waals surface area contributed by atoms with Gasteiger partial charge in [-0.1, -0.05) is 19.3 Å². The fourth-order valence-electron chi connectivity index (χ4n) is 4.91. The molecule has 2 fully saturated rings. The van der Waals surface area contributed by atoms with Crippen LogP contribution >= 0.6 is 0 Å². The average molecular weight is 448 g/mol. The van der Waals surface area contributed by atoms with E-state index < -0.39 is 10.0 Å². The van der Waals surface area contributed by atoms with Crippen molar-refractivity contribution in [1.82, 2.24) is 14.9 Å². The van der Waals surface area contributed by atoms with Gasteiger partial charge in [-0.05, 0) is 49.9 Å². The van der Waals surface area contributed by atoms with E-state index in [0.29, 0.717) is 37.7 Å². The molecule has 1 aromatic carbocycles. The molecule has 0 aromatic heterocycles. The summed E-state index contributed by atoms with van der Waals surface area (Å²) in [5, 5.41) is 10.0. The molecule has 1 aromatic rings. The number of benzene rings is 1. The van der Waals surface area contributed by atoms with Gasteiger partial charge in [0.1, 0.15) is 5.84 Å². The van der Waals surface area contributed by atoms with E-state index in [1.54, 1.807) is 28.6 Å². The van der Waals surface area contributed by atoms with Gasteiger partial charge in [0.15, 0.2) is 0 Å². The Bertz CT molecular complexity index is 915. The SMILES string of the molecule is CC(=O)Nc1ccc(S(=O)(=O)N2CCC3(CC2)NCCN=C3NC2CCCCC2)cc1. The first-order valence-corrected chi connectivity index (χ1v) is 12.8. The molecule has 3 aliphatic rings. The molecule has 0 atom stereocenters. The maximum atomic E-state index is 13.2. The van der Waals surface area contributed by atoms with Crippen LogP contribution in [0.25, 0.3) is 0 Å². The summed E-state index contributed by atoms with van der Waals surface area (Å²) in [5.74, 6) is 0.846. The van der Waals surface area contributed by atoms with E-state index in [2.05, 4.69) is 16.0 Å². The molecule has 0 bridgehead atoms. The van der Waals surface area contributed by atoms with E-state index >= 15 is 0 Å². The van der Waals surface area contributed by atoms with Crippen LogP contribution in [-0.4, -0.2) is 62.2 Å². The van der Waals surface area contributed by atoms with Gasteiger partial charge in [0.05, 0.1) is 17.0 Å². The highest BCUT2D eigenvalue weighted by atomic mass is 32.2. The van der Waals surface area contributed by atoms with E-state index in [0.717, 1.165) is 18.9 Å². The van der Waals surface area contributed by atoms with Gasteiger partial charge in [0.2, 0.25) is 15.9 Å². The van der Waals surface area contributed by atoms with Crippen LogP contribution in [0, 0.1) is 0 Å². The number of amidine groups is 1. The van der Waals surface area contributed by atoms with Gasteiger partial charge in [-0.25, -0.2) is 8.42 Å². The predicted molar refractivity (Wildman–Crippen MR) is 122 cm³/mol. The van der Waals surface area contributed by atoms with E-state index in [-0.39, 0.29) is 16.3 Å². The number of hydrogen-bond donors (Lipinski definition) is 3. The molecule has 1 saturated heterocycles. The van der Waals surface area contributed by atoms with Gasteiger partial charge in [-0.2, -0.15) is 4.31 Å². The Hall–Kier alpha value is -1.97. The molecule has 2 heterocycles.